The number of nitro groups is 1. The second-order valence-electron chi connectivity index (χ2n) is 7.70. The topological polar surface area (TPSA) is 78.7 Å². The van der Waals surface area contributed by atoms with Crippen LogP contribution in [0.5, 0.6) is 0 Å². The molecule has 3 aromatic carbocycles. The third-order valence-corrected chi connectivity index (χ3v) is 5.86. The summed E-state index contributed by atoms with van der Waals surface area (Å²) in [7, 11) is 0. The van der Waals surface area contributed by atoms with E-state index in [0.29, 0.717) is 43.4 Å². The zero-order valence-corrected chi connectivity index (χ0v) is 18.5. The number of nitro benzene ring substituents is 1. The van der Waals surface area contributed by atoms with Crippen LogP contribution >= 0.6 is 11.6 Å². The molecular weight excluding hydrogens is 447 g/mol. The van der Waals surface area contributed by atoms with Crippen molar-refractivity contribution in [1.82, 2.24) is 4.90 Å². The van der Waals surface area contributed by atoms with E-state index in [0.717, 1.165) is 11.3 Å². The van der Waals surface area contributed by atoms with Crippen molar-refractivity contribution in [3.05, 3.63) is 98.8 Å². The SMILES string of the molecule is O=C(c1ccccc1F)N1CCN(c2ccc([N+](=O)[O-])c(NCc3ccc(Cl)cc3)c2)CC1. The van der Waals surface area contributed by atoms with Crippen molar-refractivity contribution in [2.45, 2.75) is 6.54 Å². The summed E-state index contributed by atoms with van der Waals surface area (Å²) in [6.07, 6.45) is 0. The number of piperazine rings is 1. The van der Waals surface area contributed by atoms with Gasteiger partial charge in [0.1, 0.15) is 11.5 Å². The molecule has 170 valence electrons. The zero-order chi connectivity index (χ0) is 23.4. The Bertz CT molecular complexity index is 1160. The third kappa shape index (κ3) is 5.23. The van der Waals surface area contributed by atoms with Crippen molar-refractivity contribution >= 4 is 34.6 Å². The van der Waals surface area contributed by atoms with Crippen molar-refractivity contribution in [3.63, 3.8) is 0 Å². The number of hydrogen-bond donors (Lipinski definition) is 1. The van der Waals surface area contributed by atoms with Crippen LogP contribution in [0, 0.1) is 15.9 Å². The van der Waals surface area contributed by atoms with Gasteiger partial charge in [-0.1, -0.05) is 35.9 Å². The highest BCUT2D eigenvalue weighted by molar-refractivity contribution is 6.30. The summed E-state index contributed by atoms with van der Waals surface area (Å²) in [6, 6.07) is 18.2. The van der Waals surface area contributed by atoms with Gasteiger partial charge in [-0.05, 0) is 42.0 Å². The molecule has 33 heavy (non-hydrogen) atoms. The fourth-order valence-corrected chi connectivity index (χ4v) is 3.92. The number of anilines is 2. The fraction of sp³-hybridized carbons (Fsp3) is 0.208. The minimum Gasteiger partial charge on any atom is -0.375 e. The fourth-order valence-electron chi connectivity index (χ4n) is 3.79. The summed E-state index contributed by atoms with van der Waals surface area (Å²) in [5.74, 6) is -0.863. The number of nitrogens with zero attached hydrogens (tertiary/aromatic N) is 3. The van der Waals surface area contributed by atoms with Crippen LogP contribution in [0.25, 0.3) is 0 Å². The van der Waals surface area contributed by atoms with Gasteiger partial charge < -0.3 is 15.1 Å². The van der Waals surface area contributed by atoms with Gasteiger partial charge >= 0.3 is 0 Å². The van der Waals surface area contributed by atoms with E-state index in [-0.39, 0.29) is 17.2 Å². The molecule has 1 aliphatic rings. The van der Waals surface area contributed by atoms with E-state index in [1.165, 1.54) is 18.2 Å². The molecule has 0 spiro atoms. The Labute approximate surface area is 195 Å². The number of benzene rings is 3. The van der Waals surface area contributed by atoms with Crippen LogP contribution in [0.4, 0.5) is 21.5 Å². The van der Waals surface area contributed by atoms with Crippen molar-refractivity contribution in [2.24, 2.45) is 0 Å². The van der Waals surface area contributed by atoms with Crippen LogP contribution in [0.2, 0.25) is 5.02 Å². The molecule has 0 aliphatic carbocycles. The first kappa shape index (κ1) is 22.5. The van der Waals surface area contributed by atoms with Crippen LogP contribution in [0.15, 0.2) is 66.7 Å². The van der Waals surface area contributed by atoms with Crippen molar-refractivity contribution in [1.29, 1.82) is 0 Å². The van der Waals surface area contributed by atoms with E-state index in [1.54, 1.807) is 41.3 Å². The molecule has 1 aliphatic heterocycles. The maximum absolute atomic E-state index is 14.0. The van der Waals surface area contributed by atoms with Gasteiger partial charge in [0.05, 0.1) is 10.5 Å². The molecule has 1 N–H and O–H groups in total. The highest BCUT2D eigenvalue weighted by Gasteiger charge is 2.25. The summed E-state index contributed by atoms with van der Waals surface area (Å²) < 4.78 is 14.0. The predicted molar refractivity (Wildman–Crippen MR) is 126 cm³/mol. The summed E-state index contributed by atoms with van der Waals surface area (Å²) in [6.45, 7) is 2.34. The molecule has 3 aromatic rings. The zero-order valence-electron chi connectivity index (χ0n) is 17.7. The summed E-state index contributed by atoms with van der Waals surface area (Å²) >= 11 is 5.92. The van der Waals surface area contributed by atoms with Gasteiger partial charge in [-0.25, -0.2) is 4.39 Å². The molecule has 0 bridgehead atoms. The van der Waals surface area contributed by atoms with Crippen molar-refractivity contribution in [3.8, 4) is 0 Å². The molecule has 7 nitrogen and oxygen atoms in total. The number of rotatable bonds is 6. The van der Waals surface area contributed by atoms with Crippen LogP contribution < -0.4 is 10.2 Å². The van der Waals surface area contributed by atoms with Crippen LogP contribution in [0.1, 0.15) is 15.9 Å². The lowest BCUT2D eigenvalue weighted by Crippen LogP contribution is -2.49. The first-order chi connectivity index (χ1) is 15.9. The Hall–Kier alpha value is -3.65. The predicted octanol–water partition coefficient (Wildman–Crippen LogP) is 4.96. The van der Waals surface area contributed by atoms with Gasteiger partial charge in [0, 0.05) is 49.5 Å². The second-order valence-corrected chi connectivity index (χ2v) is 8.13. The minimum absolute atomic E-state index is 0.0129. The quantitative estimate of drug-likeness (QED) is 0.408. The van der Waals surface area contributed by atoms with E-state index in [4.69, 9.17) is 11.6 Å². The average Bonchev–Trinajstić information content (AvgIpc) is 2.83. The Kier molecular flexibility index (Phi) is 6.74. The molecule has 1 heterocycles. The van der Waals surface area contributed by atoms with Gasteiger partial charge in [-0.3, -0.25) is 14.9 Å². The number of nitrogens with one attached hydrogen (secondary N) is 1. The van der Waals surface area contributed by atoms with E-state index < -0.39 is 10.7 Å². The molecule has 0 atom stereocenters. The second kappa shape index (κ2) is 9.87. The van der Waals surface area contributed by atoms with Crippen LogP contribution in [-0.2, 0) is 6.54 Å². The molecule has 0 saturated carbocycles. The maximum atomic E-state index is 14.0. The van der Waals surface area contributed by atoms with E-state index in [1.807, 2.05) is 12.1 Å². The van der Waals surface area contributed by atoms with E-state index in [9.17, 15) is 19.3 Å². The minimum atomic E-state index is -0.531. The van der Waals surface area contributed by atoms with Crippen LogP contribution in [0.3, 0.4) is 0 Å². The molecular formula is C24H22ClFN4O3. The highest BCUT2D eigenvalue weighted by Crippen LogP contribution is 2.31. The number of hydrogen-bond acceptors (Lipinski definition) is 5. The number of amides is 1. The molecule has 0 unspecified atom stereocenters. The van der Waals surface area contributed by atoms with Gasteiger partial charge in [0.2, 0.25) is 0 Å². The smallest absolute Gasteiger partial charge is 0.292 e. The number of halogens is 2. The molecule has 4 rings (SSSR count). The number of carbonyl (C=O) groups is 1. The Morgan fingerprint density at radius 2 is 1.73 bits per heavy atom. The third-order valence-electron chi connectivity index (χ3n) is 5.61. The summed E-state index contributed by atoms with van der Waals surface area (Å²) in [4.78, 5) is 27.4. The highest BCUT2D eigenvalue weighted by atomic mass is 35.5. The monoisotopic (exact) mass is 468 g/mol. The summed E-state index contributed by atoms with van der Waals surface area (Å²) in [5.41, 5.74) is 2.23. The van der Waals surface area contributed by atoms with E-state index >= 15 is 0 Å². The molecule has 0 radical (unpaired) electrons. The molecule has 1 amide bonds. The van der Waals surface area contributed by atoms with Gasteiger partial charge in [0.25, 0.3) is 11.6 Å². The Morgan fingerprint density at radius 1 is 1.03 bits per heavy atom. The molecule has 0 aromatic heterocycles. The van der Waals surface area contributed by atoms with Crippen molar-refractivity contribution < 1.29 is 14.1 Å². The lowest BCUT2D eigenvalue weighted by molar-refractivity contribution is -0.384. The van der Waals surface area contributed by atoms with Crippen LogP contribution in [-0.4, -0.2) is 41.9 Å². The normalized spacial score (nSPS) is 13.6. The Morgan fingerprint density at radius 3 is 2.39 bits per heavy atom. The average molecular weight is 469 g/mol. The first-order valence-electron chi connectivity index (χ1n) is 10.5. The van der Waals surface area contributed by atoms with Gasteiger partial charge in [-0.15, -0.1) is 0 Å². The molecule has 1 saturated heterocycles. The Balaban J connectivity index is 1.45. The molecule has 9 heteroatoms. The summed E-state index contributed by atoms with van der Waals surface area (Å²) in [5, 5.41) is 15.3. The first-order valence-corrected chi connectivity index (χ1v) is 10.9. The van der Waals surface area contributed by atoms with E-state index in [2.05, 4.69) is 10.2 Å². The standard InChI is InChI=1S/C24H22ClFN4O3/c25-18-7-5-17(6-8-18)16-27-22-15-19(9-10-23(22)30(32)33)28-11-13-29(14-12-28)24(31)20-3-1-2-4-21(20)26/h1-10,15,27H,11-14,16H2. The number of carbonyl (C=O) groups excluding carboxylic acids is 1. The molecule has 1 fully saturated rings. The van der Waals surface area contributed by atoms with Crippen molar-refractivity contribution in [2.75, 3.05) is 36.4 Å². The van der Waals surface area contributed by atoms with Gasteiger partial charge in [-0.2, -0.15) is 0 Å². The largest absolute Gasteiger partial charge is 0.375 e. The lowest BCUT2D eigenvalue weighted by Gasteiger charge is -2.36. The lowest BCUT2D eigenvalue weighted by atomic mass is 10.1. The maximum Gasteiger partial charge on any atom is 0.292 e. The van der Waals surface area contributed by atoms with Gasteiger partial charge in [0.15, 0.2) is 0 Å².